The molecule has 0 amide bonds. The zero-order valence-corrected chi connectivity index (χ0v) is 11.7. The third-order valence-electron chi connectivity index (χ3n) is 2.96. The Morgan fingerprint density at radius 2 is 1.83 bits per heavy atom. The van der Waals surface area contributed by atoms with E-state index in [0.29, 0.717) is 19.0 Å². The van der Waals surface area contributed by atoms with Gasteiger partial charge in [-0.2, -0.15) is 0 Å². The van der Waals surface area contributed by atoms with Crippen LogP contribution in [0.25, 0.3) is 0 Å². The Morgan fingerprint density at radius 3 is 2.39 bits per heavy atom. The van der Waals surface area contributed by atoms with Crippen molar-refractivity contribution >= 4 is 0 Å². The Hall–Kier alpha value is -1.26. The zero-order chi connectivity index (χ0) is 13.6. The van der Waals surface area contributed by atoms with Crippen LogP contribution in [0.2, 0.25) is 0 Å². The van der Waals surface area contributed by atoms with Crippen LogP contribution in [0.15, 0.2) is 18.2 Å². The highest BCUT2D eigenvalue weighted by molar-refractivity contribution is 5.42. The van der Waals surface area contributed by atoms with Crippen molar-refractivity contribution < 1.29 is 14.2 Å². The van der Waals surface area contributed by atoms with Crippen LogP contribution in [0.1, 0.15) is 25.8 Å². The predicted octanol–water partition coefficient (Wildman–Crippen LogP) is 2.35. The highest BCUT2D eigenvalue weighted by Crippen LogP contribution is 2.27. The third-order valence-corrected chi connectivity index (χ3v) is 2.96. The molecule has 0 bridgehead atoms. The molecule has 102 valence electrons. The van der Waals surface area contributed by atoms with Crippen molar-refractivity contribution in [1.29, 1.82) is 0 Å². The van der Waals surface area contributed by atoms with Crippen molar-refractivity contribution in [2.45, 2.75) is 32.4 Å². The maximum atomic E-state index is 6.01. The topological polar surface area (TPSA) is 53.7 Å². The molecule has 0 radical (unpaired) electrons. The fourth-order valence-corrected chi connectivity index (χ4v) is 1.47. The maximum Gasteiger partial charge on any atom is 0.161 e. The van der Waals surface area contributed by atoms with E-state index in [4.69, 9.17) is 19.9 Å². The van der Waals surface area contributed by atoms with Gasteiger partial charge in [0.15, 0.2) is 11.5 Å². The predicted molar refractivity (Wildman–Crippen MR) is 72.1 cm³/mol. The molecule has 1 rings (SSSR count). The van der Waals surface area contributed by atoms with E-state index in [1.807, 2.05) is 25.1 Å². The first kappa shape index (κ1) is 14.8. The molecule has 1 atom stereocenters. The van der Waals surface area contributed by atoms with Gasteiger partial charge in [0.1, 0.15) is 0 Å². The number of rotatable bonds is 7. The molecule has 1 aromatic carbocycles. The molecule has 0 aliphatic carbocycles. The largest absolute Gasteiger partial charge is 0.493 e. The minimum atomic E-state index is -0.267. The molecule has 0 spiro atoms. The number of ether oxygens (including phenoxy) is 3. The summed E-state index contributed by atoms with van der Waals surface area (Å²) in [6, 6.07) is 5.75. The molecular weight excluding hydrogens is 230 g/mol. The van der Waals surface area contributed by atoms with Crippen LogP contribution in [-0.2, 0) is 11.3 Å². The third kappa shape index (κ3) is 4.20. The Balaban J connectivity index is 2.58. The molecule has 1 unspecified atom stereocenters. The number of benzene rings is 1. The fourth-order valence-electron chi connectivity index (χ4n) is 1.47. The van der Waals surface area contributed by atoms with E-state index in [1.165, 1.54) is 0 Å². The van der Waals surface area contributed by atoms with Crippen LogP contribution in [-0.4, -0.2) is 26.4 Å². The van der Waals surface area contributed by atoms with Gasteiger partial charge < -0.3 is 19.9 Å². The minimum Gasteiger partial charge on any atom is -0.493 e. The molecule has 0 heterocycles. The van der Waals surface area contributed by atoms with Crippen molar-refractivity contribution in [2.24, 2.45) is 5.73 Å². The van der Waals surface area contributed by atoms with Gasteiger partial charge in [0.05, 0.1) is 27.4 Å². The van der Waals surface area contributed by atoms with Crippen molar-refractivity contribution in [1.82, 2.24) is 0 Å². The van der Waals surface area contributed by atoms with E-state index in [9.17, 15) is 0 Å². The lowest BCUT2D eigenvalue weighted by molar-refractivity contribution is 0.0776. The van der Waals surface area contributed by atoms with Crippen LogP contribution < -0.4 is 15.2 Å². The van der Waals surface area contributed by atoms with Gasteiger partial charge in [-0.3, -0.25) is 0 Å². The van der Waals surface area contributed by atoms with Crippen LogP contribution in [0.4, 0.5) is 0 Å². The molecule has 0 aromatic heterocycles. The lowest BCUT2D eigenvalue weighted by atomic mass is 10.0. The second-order valence-corrected chi connectivity index (χ2v) is 4.69. The van der Waals surface area contributed by atoms with Gasteiger partial charge in [-0.05, 0) is 31.0 Å². The normalized spacial score (nSPS) is 14.1. The molecule has 1 aromatic rings. The smallest absolute Gasteiger partial charge is 0.161 e. The summed E-state index contributed by atoms with van der Waals surface area (Å²) in [6.45, 7) is 5.10. The van der Waals surface area contributed by atoms with Gasteiger partial charge in [0.2, 0.25) is 0 Å². The molecular formula is C14H23NO3. The number of hydrogen-bond donors (Lipinski definition) is 1. The first-order chi connectivity index (χ1) is 8.52. The van der Waals surface area contributed by atoms with E-state index >= 15 is 0 Å². The highest BCUT2D eigenvalue weighted by Gasteiger charge is 2.15. The highest BCUT2D eigenvalue weighted by atomic mass is 16.5. The van der Waals surface area contributed by atoms with Crippen LogP contribution in [0.5, 0.6) is 11.5 Å². The van der Waals surface area contributed by atoms with Crippen LogP contribution in [0.3, 0.4) is 0 Å². The van der Waals surface area contributed by atoms with Gasteiger partial charge in [-0.1, -0.05) is 13.0 Å². The summed E-state index contributed by atoms with van der Waals surface area (Å²) in [6.07, 6.45) is 0.888. The van der Waals surface area contributed by atoms with E-state index in [-0.39, 0.29) is 5.54 Å². The van der Waals surface area contributed by atoms with Gasteiger partial charge in [-0.25, -0.2) is 0 Å². The van der Waals surface area contributed by atoms with Crippen LogP contribution >= 0.6 is 0 Å². The first-order valence-electron chi connectivity index (χ1n) is 6.10. The summed E-state index contributed by atoms with van der Waals surface area (Å²) in [7, 11) is 3.24. The van der Waals surface area contributed by atoms with Gasteiger partial charge >= 0.3 is 0 Å². The molecule has 0 saturated carbocycles. The zero-order valence-electron chi connectivity index (χ0n) is 11.7. The molecule has 0 fully saturated rings. The number of hydrogen-bond acceptors (Lipinski definition) is 4. The molecule has 0 aliphatic rings. The monoisotopic (exact) mass is 253 g/mol. The fraction of sp³-hybridized carbons (Fsp3) is 0.571. The quantitative estimate of drug-likeness (QED) is 0.810. The lowest BCUT2D eigenvalue weighted by Crippen LogP contribution is -2.40. The maximum absolute atomic E-state index is 6.01. The van der Waals surface area contributed by atoms with E-state index in [2.05, 4.69) is 6.92 Å². The summed E-state index contributed by atoms with van der Waals surface area (Å²) in [5.74, 6) is 1.43. The summed E-state index contributed by atoms with van der Waals surface area (Å²) in [5.41, 5.74) is 6.79. The second kappa shape index (κ2) is 6.61. The molecule has 2 N–H and O–H groups in total. The Labute approximate surface area is 109 Å². The molecule has 18 heavy (non-hydrogen) atoms. The second-order valence-electron chi connectivity index (χ2n) is 4.69. The summed E-state index contributed by atoms with van der Waals surface area (Å²) >= 11 is 0. The number of nitrogens with two attached hydrogens (primary N) is 1. The number of methoxy groups -OCH3 is 2. The lowest BCUT2D eigenvalue weighted by Gasteiger charge is -2.22. The van der Waals surface area contributed by atoms with E-state index in [1.54, 1.807) is 14.2 Å². The average Bonchev–Trinajstić information content (AvgIpc) is 2.38. The first-order valence-corrected chi connectivity index (χ1v) is 6.10. The standard InChI is InChI=1S/C14H23NO3/c1-5-14(2,15)10-18-9-11-6-7-12(16-3)13(8-11)17-4/h6-8H,5,9-10,15H2,1-4H3. The summed E-state index contributed by atoms with van der Waals surface area (Å²) in [5, 5.41) is 0. The molecule has 4 nitrogen and oxygen atoms in total. The van der Waals surface area contributed by atoms with Gasteiger partial charge in [0, 0.05) is 5.54 Å². The molecule has 0 saturated heterocycles. The van der Waals surface area contributed by atoms with Crippen LogP contribution in [0, 0.1) is 0 Å². The van der Waals surface area contributed by atoms with Crippen molar-refractivity contribution in [3.8, 4) is 11.5 Å². The Bertz CT molecular complexity index is 377. The van der Waals surface area contributed by atoms with Crippen molar-refractivity contribution in [2.75, 3.05) is 20.8 Å². The Kier molecular flexibility index (Phi) is 5.44. The summed E-state index contributed by atoms with van der Waals surface area (Å²) in [4.78, 5) is 0. The SMILES string of the molecule is CCC(C)(N)COCc1ccc(OC)c(OC)c1. The van der Waals surface area contributed by atoms with Crippen molar-refractivity contribution in [3.05, 3.63) is 23.8 Å². The van der Waals surface area contributed by atoms with Gasteiger partial charge in [0.25, 0.3) is 0 Å². The van der Waals surface area contributed by atoms with E-state index < -0.39 is 0 Å². The van der Waals surface area contributed by atoms with E-state index in [0.717, 1.165) is 17.7 Å². The average molecular weight is 253 g/mol. The minimum absolute atomic E-state index is 0.267. The molecule has 4 heteroatoms. The molecule has 0 aliphatic heterocycles. The Morgan fingerprint density at radius 1 is 1.17 bits per heavy atom. The summed E-state index contributed by atoms with van der Waals surface area (Å²) < 4.78 is 16.0. The van der Waals surface area contributed by atoms with Gasteiger partial charge in [-0.15, -0.1) is 0 Å². The van der Waals surface area contributed by atoms with Crippen molar-refractivity contribution in [3.63, 3.8) is 0 Å².